The molecule has 9 atom stereocenters. The maximum atomic E-state index is 14.7. The highest BCUT2D eigenvalue weighted by molar-refractivity contribution is 6.04. The Labute approximate surface area is 560 Å². The van der Waals surface area contributed by atoms with Crippen molar-refractivity contribution < 1.29 is 76.2 Å². The van der Waals surface area contributed by atoms with Gasteiger partial charge in [0.15, 0.2) is 11.4 Å². The molecular weight excluding hydrogens is 1220 g/mol. The number of benzene rings is 2. The third kappa shape index (κ3) is 20.8. The zero-order valence-electron chi connectivity index (χ0n) is 58.7. The van der Waals surface area contributed by atoms with Gasteiger partial charge in [-0.05, 0) is 97.2 Å². The molecule has 0 radical (unpaired) electrons. The number of rotatable bonds is 40. The molecule has 1 saturated heterocycles. The zero-order valence-corrected chi connectivity index (χ0v) is 58.7. The number of carbonyl (C=O) groups is 6. The van der Waals surface area contributed by atoms with Gasteiger partial charge in [-0.2, -0.15) is 9.97 Å². The lowest BCUT2D eigenvalue weighted by Gasteiger charge is -2.41. The molecule has 1 aliphatic carbocycles. The van der Waals surface area contributed by atoms with Crippen LogP contribution in [0.1, 0.15) is 127 Å². The van der Waals surface area contributed by atoms with Crippen molar-refractivity contribution in [1.82, 2.24) is 35.3 Å². The number of likely N-dealkylation sites (tertiary alicyclic amines) is 1. The first kappa shape index (κ1) is 76.6. The highest BCUT2D eigenvalue weighted by Gasteiger charge is 2.44. The Morgan fingerprint density at radius 3 is 2.06 bits per heavy atom. The van der Waals surface area contributed by atoms with Crippen molar-refractivity contribution in [1.29, 1.82) is 0 Å². The van der Waals surface area contributed by atoms with Gasteiger partial charge < -0.3 is 78.5 Å². The van der Waals surface area contributed by atoms with Crippen LogP contribution in [-0.4, -0.2) is 210 Å². The molecule has 0 bridgehead atoms. The lowest BCUT2D eigenvalue weighted by Crippen LogP contribution is -2.60. The third-order valence-electron chi connectivity index (χ3n) is 18.3. The fraction of sp³-hybridized carbons (Fsp3) is 0.629. The third-order valence-corrected chi connectivity index (χ3v) is 18.3. The molecule has 25 nitrogen and oxygen atoms in total. The Morgan fingerprint density at radius 2 is 1.46 bits per heavy atom. The number of nitrogens with one attached hydrogen (secondary N) is 4. The second-order valence-electron chi connectivity index (χ2n) is 26.1. The van der Waals surface area contributed by atoms with E-state index in [0.29, 0.717) is 84.3 Å². The van der Waals surface area contributed by atoms with E-state index < -0.39 is 66.1 Å². The number of likely N-dealkylation sites (N-methyl/N-ethyl adjacent to an activating group) is 2. The van der Waals surface area contributed by atoms with E-state index in [1.54, 1.807) is 42.0 Å². The van der Waals surface area contributed by atoms with Crippen LogP contribution >= 0.6 is 0 Å². The van der Waals surface area contributed by atoms with Gasteiger partial charge in [-0.3, -0.25) is 28.9 Å². The summed E-state index contributed by atoms with van der Waals surface area (Å²) in [6, 6.07) is 12.7. The standard InChI is InChI=1S/C70H105N9O16/c1-17-44(6)60(54(87-13)41-55(80)79-30-21-24-51(79)61(88-14)46(8)62(81)72-50(68(85)86)39-47-22-19-18-20-23-47)78(12)67(84)57(42(2)3)73-64(83)59(43(4)5)77(11)31-33-92-35-37-93-36-34-91-32-29-71-69-75-65(89-15)58(66(76-69)90-16)74-63(82)52-25-26-56(94-52)95-53-40-49-48(38-45(53)7)27-28-70(49,9)10/h18-20,22-23,25-26,38,40,42-44,46,50-51,54,57,59-61H,17,21,24,27-37,39,41H2,1-16H3,(H,72,81)(H,73,83)(H,74,82)(H,85,86)(H,71,75,76)/t44-,46+,50+,51-,54+,57-,59-,60-,61+/m0/s1. The summed E-state index contributed by atoms with van der Waals surface area (Å²) in [6.45, 7) is 22.9. The molecule has 0 spiro atoms. The maximum Gasteiger partial charge on any atom is 0.326 e. The van der Waals surface area contributed by atoms with Gasteiger partial charge in [-0.15, -0.1) is 0 Å². The Bertz CT molecular complexity index is 3120. The number of aryl methyl sites for hydroxylation is 2. The van der Waals surface area contributed by atoms with E-state index in [0.717, 1.165) is 24.0 Å². The molecule has 25 heteroatoms. The van der Waals surface area contributed by atoms with E-state index >= 15 is 0 Å². The Morgan fingerprint density at radius 1 is 0.811 bits per heavy atom. The fourth-order valence-electron chi connectivity index (χ4n) is 12.7. The molecule has 4 aromatic rings. The molecule has 0 unspecified atom stereocenters. The number of anilines is 2. The van der Waals surface area contributed by atoms with Crippen molar-refractivity contribution in [2.75, 3.05) is 112 Å². The predicted octanol–water partition coefficient (Wildman–Crippen LogP) is 7.95. The van der Waals surface area contributed by atoms with Crippen LogP contribution in [0.25, 0.3) is 0 Å². The normalized spacial score (nSPS) is 16.9. The van der Waals surface area contributed by atoms with Gasteiger partial charge in [0.1, 0.15) is 17.8 Å². The van der Waals surface area contributed by atoms with Crippen LogP contribution in [0.3, 0.4) is 0 Å². The average Bonchev–Trinajstić information content (AvgIpc) is 1.68. The average molecular weight is 1330 g/mol. The molecule has 526 valence electrons. The number of hydrogen-bond acceptors (Lipinski definition) is 19. The summed E-state index contributed by atoms with van der Waals surface area (Å²) < 4.78 is 52.4. The molecule has 0 saturated carbocycles. The van der Waals surface area contributed by atoms with Crippen LogP contribution in [0.2, 0.25) is 0 Å². The Balaban J connectivity index is 0.911. The van der Waals surface area contributed by atoms with Crippen LogP contribution in [0.5, 0.6) is 23.5 Å². The molecule has 3 heterocycles. The van der Waals surface area contributed by atoms with Crippen LogP contribution in [-0.2, 0) is 65.9 Å². The van der Waals surface area contributed by atoms with Gasteiger partial charge in [0.05, 0.1) is 96.5 Å². The second kappa shape index (κ2) is 36.6. The molecule has 2 aromatic heterocycles. The van der Waals surface area contributed by atoms with Gasteiger partial charge in [-0.25, -0.2) is 4.79 Å². The maximum absolute atomic E-state index is 14.7. The van der Waals surface area contributed by atoms with Crippen LogP contribution in [0, 0.1) is 30.6 Å². The summed E-state index contributed by atoms with van der Waals surface area (Å²) >= 11 is 0. The molecule has 1 fully saturated rings. The molecule has 95 heavy (non-hydrogen) atoms. The Kier molecular flexibility index (Phi) is 29.5. The molecular formula is C70H105N9O16. The number of carboxylic acids is 1. The van der Waals surface area contributed by atoms with Crippen molar-refractivity contribution in [2.45, 2.75) is 162 Å². The second-order valence-corrected chi connectivity index (χ2v) is 26.1. The minimum Gasteiger partial charge on any atom is -0.480 e. The van der Waals surface area contributed by atoms with Crippen molar-refractivity contribution in [3.63, 3.8) is 0 Å². The molecule has 1 aliphatic heterocycles. The van der Waals surface area contributed by atoms with Crippen molar-refractivity contribution in [2.24, 2.45) is 23.7 Å². The lowest BCUT2D eigenvalue weighted by atomic mass is 9.86. The summed E-state index contributed by atoms with van der Waals surface area (Å²) in [5.41, 5.74) is 4.48. The summed E-state index contributed by atoms with van der Waals surface area (Å²) in [7, 11) is 9.40. The summed E-state index contributed by atoms with van der Waals surface area (Å²) in [5, 5.41) is 21.6. The van der Waals surface area contributed by atoms with E-state index in [1.165, 1.54) is 45.6 Å². The van der Waals surface area contributed by atoms with Gasteiger partial charge in [0.25, 0.3) is 11.9 Å². The van der Waals surface area contributed by atoms with E-state index in [4.69, 9.17) is 42.3 Å². The minimum atomic E-state index is -1.16. The zero-order chi connectivity index (χ0) is 69.7. The highest BCUT2D eigenvalue weighted by atomic mass is 16.6. The molecule has 6 rings (SSSR count). The number of carbonyl (C=O) groups excluding carboxylic acids is 5. The van der Waals surface area contributed by atoms with Gasteiger partial charge in [0.2, 0.25) is 41.3 Å². The quantitative estimate of drug-likeness (QED) is 0.0264. The number of carboxylic acid groups (broad SMARTS) is 1. The van der Waals surface area contributed by atoms with Gasteiger partial charge in [0, 0.05) is 53.4 Å². The summed E-state index contributed by atoms with van der Waals surface area (Å²) in [6.07, 6.45) is 2.59. The predicted molar refractivity (Wildman–Crippen MR) is 359 cm³/mol. The number of amides is 5. The summed E-state index contributed by atoms with van der Waals surface area (Å²) in [5.74, 6) is -3.24. The number of fused-ring (bicyclic) bond motifs is 1. The van der Waals surface area contributed by atoms with Crippen LogP contribution in [0.4, 0.5) is 11.6 Å². The molecule has 2 aromatic carbocycles. The van der Waals surface area contributed by atoms with E-state index in [2.05, 4.69) is 57.2 Å². The van der Waals surface area contributed by atoms with Gasteiger partial charge >= 0.3 is 5.97 Å². The minimum absolute atomic E-state index is 0.000775. The number of aliphatic carboxylic acids is 1. The first-order chi connectivity index (χ1) is 45.3. The molecule has 5 amide bonds. The first-order valence-electron chi connectivity index (χ1n) is 33.2. The van der Waals surface area contributed by atoms with Crippen LogP contribution < -0.4 is 35.5 Å². The topological polar surface area (TPSA) is 293 Å². The number of nitrogens with zero attached hydrogens (tertiary/aromatic N) is 5. The number of ether oxygens (including phenoxy) is 8. The number of methoxy groups -OCH3 is 4. The largest absolute Gasteiger partial charge is 0.480 e. The Hall–Kier alpha value is -7.42. The first-order valence-corrected chi connectivity index (χ1v) is 33.2. The van der Waals surface area contributed by atoms with Crippen molar-refractivity contribution in [3.05, 3.63) is 82.6 Å². The summed E-state index contributed by atoms with van der Waals surface area (Å²) in [4.78, 5) is 96.9. The highest BCUT2D eigenvalue weighted by Crippen LogP contribution is 2.43. The smallest absolute Gasteiger partial charge is 0.326 e. The van der Waals surface area contributed by atoms with E-state index in [-0.39, 0.29) is 88.8 Å². The number of furan rings is 1. The number of hydrogen-bond donors (Lipinski definition) is 5. The molecule has 5 N–H and O–H groups in total. The van der Waals surface area contributed by atoms with Crippen molar-refractivity contribution >= 4 is 47.1 Å². The number of aromatic nitrogens is 2. The SMILES string of the molecule is CC[C@H](C)[C@@H]([C@@H](CC(=O)N1CCC[C@H]1[C@H](OC)[C@@H](C)C(=O)N[C@H](Cc1ccccc1)C(=O)O)OC)N(C)C(=O)[C@@H](NC(=O)[C@H](C(C)C)N(C)CCOCCOCCOCCNc1nc(OC)c(NC(=O)c2ccc(Oc3cc4c(cc3C)CCC4(C)C)o2)c(OC)n1)C(C)C. The monoisotopic (exact) mass is 1330 g/mol. The van der Waals surface area contributed by atoms with E-state index in [9.17, 15) is 33.9 Å². The fourth-order valence-corrected chi connectivity index (χ4v) is 12.7. The van der Waals surface area contributed by atoms with E-state index in [1.807, 2.05) is 78.6 Å². The van der Waals surface area contributed by atoms with Crippen molar-refractivity contribution in [3.8, 4) is 23.5 Å². The lowest BCUT2D eigenvalue weighted by molar-refractivity contribution is -0.148. The van der Waals surface area contributed by atoms with Gasteiger partial charge in [-0.1, -0.05) is 105 Å². The molecule has 2 aliphatic rings. The van der Waals surface area contributed by atoms with Crippen LogP contribution in [0.15, 0.2) is 59.0 Å².